The zero-order valence-electron chi connectivity index (χ0n) is 17.9. The second-order valence-corrected chi connectivity index (χ2v) is 7.99. The van der Waals surface area contributed by atoms with Gasteiger partial charge in [0, 0.05) is 35.4 Å². The van der Waals surface area contributed by atoms with Gasteiger partial charge in [-0.3, -0.25) is 9.59 Å². The molecular formula is C25H26N2O4S. The first-order valence-corrected chi connectivity index (χ1v) is 11.4. The number of ether oxygens (including phenoxy) is 2. The fourth-order valence-corrected chi connectivity index (χ4v) is 3.67. The molecule has 0 spiro atoms. The molecule has 0 aliphatic rings. The highest BCUT2D eigenvalue weighted by Crippen LogP contribution is 2.17. The van der Waals surface area contributed by atoms with Crippen LogP contribution in [0.1, 0.15) is 15.9 Å². The molecule has 7 heteroatoms. The van der Waals surface area contributed by atoms with Gasteiger partial charge < -0.3 is 20.1 Å². The van der Waals surface area contributed by atoms with E-state index in [1.165, 1.54) is 5.56 Å². The molecule has 2 amide bonds. The summed E-state index contributed by atoms with van der Waals surface area (Å²) in [5.74, 6) is 2.52. The summed E-state index contributed by atoms with van der Waals surface area (Å²) in [5, 5.41) is 5.67. The maximum atomic E-state index is 12.3. The van der Waals surface area contributed by atoms with E-state index in [-0.39, 0.29) is 18.4 Å². The highest BCUT2D eigenvalue weighted by Gasteiger charge is 2.07. The predicted molar refractivity (Wildman–Crippen MR) is 128 cm³/mol. The third-order valence-corrected chi connectivity index (χ3v) is 5.51. The molecule has 166 valence electrons. The van der Waals surface area contributed by atoms with Gasteiger partial charge in [-0.25, -0.2) is 0 Å². The molecule has 0 aromatic heterocycles. The molecule has 3 aromatic rings. The average Bonchev–Trinajstić information content (AvgIpc) is 2.83. The second kappa shape index (κ2) is 12.4. The quantitative estimate of drug-likeness (QED) is 0.424. The van der Waals surface area contributed by atoms with Gasteiger partial charge in [0.1, 0.15) is 11.5 Å². The van der Waals surface area contributed by atoms with Crippen LogP contribution in [0.25, 0.3) is 0 Å². The van der Waals surface area contributed by atoms with E-state index in [0.717, 1.165) is 11.5 Å². The molecule has 0 saturated carbocycles. The van der Waals surface area contributed by atoms with Crippen LogP contribution in [0, 0.1) is 0 Å². The van der Waals surface area contributed by atoms with Crippen LogP contribution in [0.4, 0.5) is 5.69 Å². The molecule has 2 N–H and O–H groups in total. The smallest absolute Gasteiger partial charge is 0.262 e. The van der Waals surface area contributed by atoms with E-state index in [1.54, 1.807) is 67.4 Å². The summed E-state index contributed by atoms with van der Waals surface area (Å²) in [5.41, 5.74) is 2.45. The van der Waals surface area contributed by atoms with Gasteiger partial charge >= 0.3 is 0 Å². The van der Waals surface area contributed by atoms with Gasteiger partial charge in [0.2, 0.25) is 0 Å². The normalized spacial score (nSPS) is 10.3. The Morgan fingerprint density at radius 1 is 0.906 bits per heavy atom. The molecular weight excluding hydrogens is 424 g/mol. The number of hydrogen-bond donors (Lipinski definition) is 2. The van der Waals surface area contributed by atoms with E-state index >= 15 is 0 Å². The first kappa shape index (κ1) is 23.2. The Bertz CT molecular complexity index is 1010. The lowest BCUT2D eigenvalue weighted by molar-refractivity contribution is -0.118. The summed E-state index contributed by atoms with van der Waals surface area (Å²) >= 11 is 1.78. The van der Waals surface area contributed by atoms with Gasteiger partial charge in [-0.1, -0.05) is 36.4 Å². The Morgan fingerprint density at radius 2 is 1.69 bits per heavy atom. The SMILES string of the molecule is COc1cccc(NC(=O)COc2ccc(C(=O)NCCSCc3ccccc3)cc2)c1. The summed E-state index contributed by atoms with van der Waals surface area (Å²) in [6.07, 6.45) is 0. The lowest BCUT2D eigenvalue weighted by atomic mass is 10.2. The molecule has 3 aromatic carbocycles. The Labute approximate surface area is 192 Å². The minimum absolute atomic E-state index is 0.132. The van der Waals surface area contributed by atoms with Crippen LogP contribution in [-0.2, 0) is 10.5 Å². The van der Waals surface area contributed by atoms with Crippen LogP contribution in [0.5, 0.6) is 11.5 Å². The number of hydrogen-bond acceptors (Lipinski definition) is 5. The molecule has 3 rings (SSSR count). The molecule has 0 aliphatic carbocycles. The maximum absolute atomic E-state index is 12.3. The van der Waals surface area contributed by atoms with Crippen LogP contribution >= 0.6 is 11.8 Å². The Balaban J connectivity index is 1.36. The molecule has 0 unspecified atom stereocenters. The van der Waals surface area contributed by atoms with E-state index in [0.29, 0.717) is 29.3 Å². The molecule has 0 saturated heterocycles. The van der Waals surface area contributed by atoms with Crippen molar-refractivity contribution in [1.82, 2.24) is 5.32 Å². The number of rotatable bonds is 11. The minimum Gasteiger partial charge on any atom is -0.497 e. The van der Waals surface area contributed by atoms with Gasteiger partial charge in [-0.2, -0.15) is 11.8 Å². The topological polar surface area (TPSA) is 76.7 Å². The van der Waals surface area contributed by atoms with Crippen molar-refractivity contribution in [1.29, 1.82) is 0 Å². The van der Waals surface area contributed by atoms with Crippen LogP contribution in [-0.4, -0.2) is 37.8 Å². The van der Waals surface area contributed by atoms with Gasteiger partial charge in [0.25, 0.3) is 11.8 Å². The van der Waals surface area contributed by atoms with Gasteiger partial charge in [0.15, 0.2) is 6.61 Å². The van der Waals surface area contributed by atoms with Crippen molar-refractivity contribution in [2.75, 3.05) is 31.3 Å². The molecule has 0 atom stereocenters. The van der Waals surface area contributed by atoms with Crippen molar-refractivity contribution in [3.63, 3.8) is 0 Å². The van der Waals surface area contributed by atoms with Crippen LogP contribution in [0.3, 0.4) is 0 Å². The van der Waals surface area contributed by atoms with Gasteiger partial charge in [0.05, 0.1) is 7.11 Å². The lowest BCUT2D eigenvalue weighted by Crippen LogP contribution is -2.25. The van der Waals surface area contributed by atoms with E-state index in [9.17, 15) is 9.59 Å². The van der Waals surface area contributed by atoms with Crippen molar-refractivity contribution < 1.29 is 19.1 Å². The molecule has 6 nitrogen and oxygen atoms in total. The lowest BCUT2D eigenvalue weighted by Gasteiger charge is -2.09. The number of carbonyl (C=O) groups is 2. The van der Waals surface area contributed by atoms with Crippen molar-refractivity contribution >= 4 is 29.3 Å². The Kier molecular flexibility index (Phi) is 9.01. The molecule has 0 bridgehead atoms. The summed E-state index contributed by atoms with van der Waals surface area (Å²) in [7, 11) is 1.57. The number of anilines is 1. The summed E-state index contributed by atoms with van der Waals surface area (Å²) in [4.78, 5) is 24.4. The van der Waals surface area contributed by atoms with Gasteiger partial charge in [-0.15, -0.1) is 0 Å². The fraction of sp³-hybridized carbons (Fsp3) is 0.200. The van der Waals surface area contributed by atoms with Crippen molar-refractivity contribution in [3.05, 3.63) is 90.0 Å². The molecule has 0 fully saturated rings. The van der Waals surface area contributed by atoms with E-state index in [4.69, 9.17) is 9.47 Å². The zero-order chi connectivity index (χ0) is 22.6. The third kappa shape index (κ3) is 7.67. The van der Waals surface area contributed by atoms with Crippen molar-refractivity contribution in [2.24, 2.45) is 0 Å². The Morgan fingerprint density at radius 3 is 2.44 bits per heavy atom. The minimum atomic E-state index is -0.284. The van der Waals surface area contributed by atoms with E-state index in [1.807, 2.05) is 18.2 Å². The van der Waals surface area contributed by atoms with Crippen LogP contribution < -0.4 is 20.1 Å². The van der Waals surface area contributed by atoms with Gasteiger partial charge in [-0.05, 0) is 42.0 Å². The third-order valence-electron chi connectivity index (χ3n) is 4.48. The standard InChI is InChI=1S/C25H26N2O4S/c1-30-23-9-5-8-21(16-23)27-24(28)17-31-22-12-10-20(11-13-22)25(29)26-14-15-32-18-19-6-3-2-4-7-19/h2-13,16H,14-15,17-18H2,1H3,(H,26,29)(H,27,28). The zero-order valence-corrected chi connectivity index (χ0v) is 18.7. The first-order valence-electron chi connectivity index (χ1n) is 10.2. The highest BCUT2D eigenvalue weighted by molar-refractivity contribution is 7.98. The molecule has 0 radical (unpaired) electrons. The number of methoxy groups -OCH3 is 1. The molecule has 0 heterocycles. The van der Waals surface area contributed by atoms with Crippen molar-refractivity contribution in [3.8, 4) is 11.5 Å². The predicted octanol–water partition coefficient (Wildman–Crippen LogP) is 4.38. The van der Waals surface area contributed by atoms with Crippen LogP contribution in [0.15, 0.2) is 78.9 Å². The summed E-state index contributed by atoms with van der Waals surface area (Å²) in [6.45, 7) is 0.459. The highest BCUT2D eigenvalue weighted by atomic mass is 32.2. The maximum Gasteiger partial charge on any atom is 0.262 e. The second-order valence-electron chi connectivity index (χ2n) is 6.89. The number of nitrogens with one attached hydrogen (secondary N) is 2. The molecule has 32 heavy (non-hydrogen) atoms. The number of amides is 2. The van der Waals surface area contributed by atoms with E-state index in [2.05, 4.69) is 22.8 Å². The van der Waals surface area contributed by atoms with E-state index < -0.39 is 0 Å². The number of benzene rings is 3. The molecule has 0 aliphatic heterocycles. The number of carbonyl (C=O) groups excluding carboxylic acids is 2. The average molecular weight is 451 g/mol. The Hall–Kier alpha value is -3.45. The fourth-order valence-electron chi connectivity index (χ4n) is 2.85. The largest absolute Gasteiger partial charge is 0.497 e. The van der Waals surface area contributed by atoms with Crippen molar-refractivity contribution in [2.45, 2.75) is 5.75 Å². The first-order chi connectivity index (χ1) is 15.6. The van der Waals surface area contributed by atoms with Crippen LogP contribution in [0.2, 0.25) is 0 Å². The monoisotopic (exact) mass is 450 g/mol. The summed E-state index contributed by atoms with van der Waals surface area (Å²) < 4.78 is 10.6. The summed E-state index contributed by atoms with van der Waals surface area (Å²) in [6, 6.07) is 24.1. The number of thioether (sulfide) groups is 1.